The maximum absolute atomic E-state index is 12.2. The Morgan fingerprint density at radius 3 is 1.85 bits per heavy atom. The zero-order valence-electron chi connectivity index (χ0n) is 15.1. The van der Waals surface area contributed by atoms with Crippen molar-refractivity contribution in [3.63, 3.8) is 0 Å². The molecule has 1 aliphatic heterocycles. The molecule has 2 atom stereocenters. The molecule has 142 valence electrons. The molecule has 0 aliphatic carbocycles. The highest BCUT2D eigenvalue weighted by atomic mass is 16.5. The molecule has 27 heavy (non-hydrogen) atoms. The summed E-state index contributed by atoms with van der Waals surface area (Å²) in [5.74, 6) is -0.429. The van der Waals surface area contributed by atoms with E-state index in [1.165, 1.54) is 0 Å². The van der Waals surface area contributed by atoms with Crippen LogP contribution in [0.25, 0.3) is 0 Å². The van der Waals surface area contributed by atoms with Crippen molar-refractivity contribution in [1.82, 2.24) is 10.6 Å². The summed E-state index contributed by atoms with van der Waals surface area (Å²) in [5, 5.41) is 5.48. The second-order valence-corrected chi connectivity index (χ2v) is 6.45. The molecule has 1 heterocycles. The van der Waals surface area contributed by atoms with E-state index in [9.17, 15) is 9.59 Å². The number of hydrogen-bond acceptors (Lipinski definition) is 4. The molecule has 1 fully saturated rings. The molecule has 0 spiro atoms. The minimum atomic E-state index is -0.664. The lowest BCUT2D eigenvalue weighted by Gasteiger charge is -2.29. The molecular formula is C21H24N2O4. The van der Waals surface area contributed by atoms with E-state index in [2.05, 4.69) is 10.6 Å². The van der Waals surface area contributed by atoms with Gasteiger partial charge in [0.05, 0.1) is 19.8 Å². The summed E-state index contributed by atoms with van der Waals surface area (Å²) in [6.45, 7) is 1.42. The van der Waals surface area contributed by atoms with Gasteiger partial charge in [-0.05, 0) is 17.5 Å². The minimum absolute atomic E-state index is 0.143. The molecule has 2 N–H and O–H groups in total. The van der Waals surface area contributed by atoms with Gasteiger partial charge in [0.25, 0.3) is 0 Å². The number of benzene rings is 2. The third-order valence-corrected chi connectivity index (χ3v) is 4.32. The molecule has 1 aliphatic rings. The Labute approximate surface area is 158 Å². The highest BCUT2D eigenvalue weighted by Gasteiger charge is 2.33. The van der Waals surface area contributed by atoms with Crippen LogP contribution in [0.3, 0.4) is 0 Å². The molecule has 0 bridgehead atoms. The van der Waals surface area contributed by atoms with Crippen LogP contribution in [0.2, 0.25) is 0 Å². The van der Waals surface area contributed by atoms with E-state index < -0.39 is 12.1 Å². The molecule has 2 aromatic rings. The minimum Gasteiger partial charge on any atom is -0.377 e. The van der Waals surface area contributed by atoms with Crippen LogP contribution < -0.4 is 10.6 Å². The summed E-state index contributed by atoms with van der Waals surface area (Å²) in [6.07, 6.45) is 0.433. The maximum atomic E-state index is 12.2. The van der Waals surface area contributed by atoms with E-state index in [-0.39, 0.29) is 18.4 Å². The summed E-state index contributed by atoms with van der Waals surface area (Å²) in [7, 11) is 0. The fraction of sp³-hybridized carbons (Fsp3) is 0.333. The first-order chi connectivity index (χ1) is 13.2. The molecule has 0 aromatic heterocycles. The standard InChI is InChI=1S/C21H24N2O4/c24-20-18(11-12-26-13-16-7-3-1-4-8-16)22-21(25)19(23-20)15-27-14-17-9-5-2-6-10-17/h1-10,18-19H,11-15H2,(H,22,25)(H,23,24)/t18?,19-/m0/s1. The van der Waals surface area contributed by atoms with Gasteiger partial charge in [0.1, 0.15) is 12.1 Å². The molecular weight excluding hydrogens is 344 g/mol. The van der Waals surface area contributed by atoms with Gasteiger partial charge in [-0.15, -0.1) is 0 Å². The van der Waals surface area contributed by atoms with E-state index in [1.54, 1.807) is 0 Å². The molecule has 2 amide bonds. The lowest BCUT2D eigenvalue weighted by molar-refractivity contribution is -0.139. The van der Waals surface area contributed by atoms with Gasteiger partial charge >= 0.3 is 0 Å². The molecule has 0 radical (unpaired) electrons. The van der Waals surface area contributed by atoms with Crippen molar-refractivity contribution >= 4 is 11.8 Å². The van der Waals surface area contributed by atoms with Gasteiger partial charge in [-0.1, -0.05) is 60.7 Å². The third kappa shape index (κ3) is 5.91. The lowest BCUT2D eigenvalue weighted by Crippen LogP contribution is -2.63. The van der Waals surface area contributed by atoms with Crippen LogP contribution in [-0.4, -0.2) is 37.1 Å². The van der Waals surface area contributed by atoms with Crippen LogP contribution in [0.5, 0.6) is 0 Å². The summed E-state index contributed by atoms with van der Waals surface area (Å²) in [5.41, 5.74) is 2.10. The zero-order chi connectivity index (χ0) is 18.9. The van der Waals surface area contributed by atoms with Crippen molar-refractivity contribution in [1.29, 1.82) is 0 Å². The quantitative estimate of drug-likeness (QED) is 0.662. The van der Waals surface area contributed by atoms with Crippen molar-refractivity contribution in [3.05, 3.63) is 71.8 Å². The lowest BCUT2D eigenvalue weighted by atomic mass is 10.1. The van der Waals surface area contributed by atoms with Crippen LogP contribution in [0.1, 0.15) is 17.5 Å². The summed E-state index contributed by atoms with van der Waals surface area (Å²) in [4.78, 5) is 24.4. The van der Waals surface area contributed by atoms with Gasteiger partial charge < -0.3 is 20.1 Å². The average molecular weight is 368 g/mol. The van der Waals surface area contributed by atoms with Gasteiger partial charge in [0.15, 0.2) is 0 Å². The normalized spacial score (nSPS) is 19.4. The van der Waals surface area contributed by atoms with Crippen LogP contribution in [0, 0.1) is 0 Å². The highest BCUT2D eigenvalue weighted by molar-refractivity contribution is 5.96. The Bertz CT molecular complexity index is 736. The van der Waals surface area contributed by atoms with Crippen molar-refractivity contribution in [2.24, 2.45) is 0 Å². The van der Waals surface area contributed by atoms with Gasteiger partial charge in [0.2, 0.25) is 11.8 Å². The Balaban J connectivity index is 1.36. The van der Waals surface area contributed by atoms with Gasteiger partial charge in [-0.3, -0.25) is 9.59 Å². The van der Waals surface area contributed by atoms with Crippen molar-refractivity contribution in [2.45, 2.75) is 31.7 Å². The van der Waals surface area contributed by atoms with Gasteiger partial charge in [0, 0.05) is 6.61 Å². The number of carbonyl (C=O) groups excluding carboxylic acids is 2. The molecule has 6 heteroatoms. The second kappa shape index (κ2) is 9.85. The molecule has 1 unspecified atom stereocenters. The predicted octanol–water partition coefficient (Wildman–Crippen LogP) is 1.79. The maximum Gasteiger partial charge on any atom is 0.245 e. The third-order valence-electron chi connectivity index (χ3n) is 4.32. The number of amides is 2. The highest BCUT2D eigenvalue weighted by Crippen LogP contribution is 2.06. The van der Waals surface area contributed by atoms with Crippen LogP contribution in [0.15, 0.2) is 60.7 Å². The van der Waals surface area contributed by atoms with Crippen LogP contribution in [0.4, 0.5) is 0 Å². The number of nitrogens with one attached hydrogen (secondary N) is 2. The Hall–Kier alpha value is -2.70. The average Bonchev–Trinajstić information content (AvgIpc) is 2.70. The van der Waals surface area contributed by atoms with E-state index >= 15 is 0 Å². The summed E-state index contributed by atoms with van der Waals surface area (Å²) in [6, 6.07) is 18.3. The SMILES string of the molecule is O=C1N[C@@H](COCc2ccccc2)C(=O)NC1CCOCc1ccccc1. The first kappa shape index (κ1) is 19.1. The van der Waals surface area contributed by atoms with E-state index in [0.29, 0.717) is 26.2 Å². The molecule has 0 saturated carbocycles. The van der Waals surface area contributed by atoms with E-state index in [4.69, 9.17) is 9.47 Å². The van der Waals surface area contributed by atoms with Crippen molar-refractivity contribution < 1.29 is 19.1 Å². The molecule has 3 rings (SSSR count). The smallest absolute Gasteiger partial charge is 0.245 e. The Morgan fingerprint density at radius 1 is 0.704 bits per heavy atom. The van der Waals surface area contributed by atoms with E-state index in [0.717, 1.165) is 11.1 Å². The Morgan fingerprint density at radius 2 is 1.22 bits per heavy atom. The van der Waals surface area contributed by atoms with Crippen LogP contribution >= 0.6 is 0 Å². The van der Waals surface area contributed by atoms with Gasteiger partial charge in [-0.2, -0.15) is 0 Å². The second-order valence-electron chi connectivity index (χ2n) is 6.45. The largest absolute Gasteiger partial charge is 0.377 e. The number of carbonyl (C=O) groups is 2. The topological polar surface area (TPSA) is 76.7 Å². The molecule has 1 saturated heterocycles. The Kier molecular flexibility index (Phi) is 6.96. The number of ether oxygens (including phenoxy) is 2. The van der Waals surface area contributed by atoms with Crippen LogP contribution in [-0.2, 0) is 32.3 Å². The first-order valence-electron chi connectivity index (χ1n) is 9.06. The van der Waals surface area contributed by atoms with Crippen molar-refractivity contribution in [2.75, 3.05) is 13.2 Å². The fourth-order valence-electron chi connectivity index (χ4n) is 2.83. The monoisotopic (exact) mass is 368 g/mol. The van der Waals surface area contributed by atoms with E-state index in [1.807, 2.05) is 60.7 Å². The summed E-state index contributed by atoms with van der Waals surface area (Å²) >= 11 is 0. The first-order valence-corrected chi connectivity index (χ1v) is 9.06. The number of piperazine rings is 1. The predicted molar refractivity (Wildman–Crippen MR) is 101 cm³/mol. The fourth-order valence-corrected chi connectivity index (χ4v) is 2.83. The van der Waals surface area contributed by atoms with Gasteiger partial charge in [-0.25, -0.2) is 0 Å². The van der Waals surface area contributed by atoms with Crippen molar-refractivity contribution in [3.8, 4) is 0 Å². The molecule has 6 nitrogen and oxygen atoms in total. The number of rotatable bonds is 9. The number of hydrogen-bond donors (Lipinski definition) is 2. The molecule has 2 aromatic carbocycles. The summed E-state index contributed by atoms with van der Waals surface area (Å²) < 4.78 is 11.2. The zero-order valence-corrected chi connectivity index (χ0v) is 15.1.